The molecule has 3 aromatic rings. The molecule has 9 heteroatoms. The van der Waals surface area contributed by atoms with Gasteiger partial charge in [-0.3, -0.25) is 4.31 Å². The molecule has 1 aliphatic rings. The molecule has 3 heterocycles. The van der Waals surface area contributed by atoms with E-state index in [-0.39, 0.29) is 5.75 Å². The predicted octanol–water partition coefficient (Wildman–Crippen LogP) is 1.76. The van der Waals surface area contributed by atoms with Crippen molar-refractivity contribution in [1.82, 2.24) is 15.0 Å². The van der Waals surface area contributed by atoms with Crippen LogP contribution in [0.15, 0.2) is 42.7 Å². The molecule has 0 spiro atoms. The number of nitrogens with one attached hydrogen (secondary N) is 1. The second-order valence-electron chi connectivity index (χ2n) is 6.09. The maximum absolute atomic E-state index is 12.1. The van der Waals surface area contributed by atoms with E-state index in [0.717, 1.165) is 10.9 Å². The van der Waals surface area contributed by atoms with Crippen molar-refractivity contribution < 1.29 is 8.42 Å². The Bertz CT molecular complexity index is 1070. The molecule has 0 aliphatic carbocycles. The number of aromatic nitrogens is 3. The van der Waals surface area contributed by atoms with E-state index in [4.69, 9.17) is 5.73 Å². The van der Waals surface area contributed by atoms with Crippen LogP contribution in [0.3, 0.4) is 0 Å². The summed E-state index contributed by atoms with van der Waals surface area (Å²) in [6, 6.07) is 11.0. The second-order valence-corrected chi connectivity index (χ2v) is 8.11. The molecule has 8 nitrogen and oxygen atoms in total. The fourth-order valence-corrected chi connectivity index (χ4v) is 4.59. The molecule has 1 saturated heterocycles. The van der Waals surface area contributed by atoms with Crippen molar-refractivity contribution in [2.45, 2.75) is 13.0 Å². The maximum atomic E-state index is 12.1. The minimum Gasteiger partial charge on any atom is -0.384 e. The van der Waals surface area contributed by atoms with Crippen molar-refractivity contribution >= 4 is 38.4 Å². The molecule has 3 N–H and O–H groups in total. The van der Waals surface area contributed by atoms with Gasteiger partial charge in [-0.15, -0.1) is 0 Å². The number of nitrogens with zero attached hydrogens (tertiary/aromatic N) is 4. The van der Waals surface area contributed by atoms with Crippen molar-refractivity contribution in [2.75, 3.05) is 27.7 Å². The molecule has 26 heavy (non-hydrogen) atoms. The zero-order valence-electron chi connectivity index (χ0n) is 14.0. The molecule has 2 aromatic heterocycles. The number of benzene rings is 1. The van der Waals surface area contributed by atoms with Crippen molar-refractivity contribution in [2.24, 2.45) is 0 Å². The van der Waals surface area contributed by atoms with Crippen molar-refractivity contribution in [1.29, 1.82) is 0 Å². The van der Waals surface area contributed by atoms with Gasteiger partial charge in [-0.1, -0.05) is 12.1 Å². The highest BCUT2D eigenvalue weighted by atomic mass is 32.2. The fourth-order valence-electron chi connectivity index (χ4n) is 3.03. The number of anilines is 3. The molecule has 0 unspecified atom stereocenters. The number of nitrogen functional groups attached to an aromatic ring is 1. The highest BCUT2D eigenvalue weighted by Gasteiger charge is 2.28. The third-order valence-corrected chi connectivity index (χ3v) is 6.15. The first kappa shape index (κ1) is 16.5. The van der Waals surface area contributed by atoms with Gasteiger partial charge in [0.1, 0.15) is 18.0 Å². The summed E-state index contributed by atoms with van der Waals surface area (Å²) in [6.45, 7) is 1.03. The number of pyridine rings is 1. The number of fused-ring (bicyclic) bond motifs is 1. The largest absolute Gasteiger partial charge is 0.384 e. The Balaban J connectivity index is 1.57. The van der Waals surface area contributed by atoms with Crippen LogP contribution in [0.25, 0.3) is 11.0 Å². The third-order valence-electron chi connectivity index (χ3n) is 4.28. The van der Waals surface area contributed by atoms with Crippen molar-refractivity contribution in [3.8, 4) is 0 Å². The Labute approximate surface area is 151 Å². The predicted molar refractivity (Wildman–Crippen MR) is 101 cm³/mol. The zero-order chi connectivity index (χ0) is 18.1. The van der Waals surface area contributed by atoms with E-state index in [9.17, 15) is 8.42 Å². The topological polar surface area (TPSA) is 114 Å². The van der Waals surface area contributed by atoms with Crippen LogP contribution in [-0.4, -0.2) is 35.7 Å². The minimum atomic E-state index is -3.18. The first-order valence-corrected chi connectivity index (χ1v) is 9.84. The molecule has 1 fully saturated rings. The van der Waals surface area contributed by atoms with E-state index in [1.54, 1.807) is 6.07 Å². The highest BCUT2D eigenvalue weighted by molar-refractivity contribution is 7.93. The molecule has 1 aromatic carbocycles. The molecule has 134 valence electrons. The summed E-state index contributed by atoms with van der Waals surface area (Å²) >= 11 is 0. The molecule has 0 atom stereocenters. The molecule has 0 amide bonds. The van der Waals surface area contributed by atoms with Gasteiger partial charge < -0.3 is 11.1 Å². The molecular weight excluding hydrogens is 352 g/mol. The van der Waals surface area contributed by atoms with E-state index in [0.29, 0.717) is 42.5 Å². The zero-order valence-corrected chi connectivity index (χ0v) is 14.8. The molecule has 4 rings (SSSR count). The van der Waals surface area contributed by atoms with E-state index in [1.807, 2.05) is 30.3 Å². The van der Waals surface area contributed by atoms with Gasteiger partial charge in [0.2, 0.25) is 10.0 Å². The molecule has 0 bridgehead atoms. The standard InChI is InChI=1S/C17H18N6O2S/c18-15-6-5-14-16(20-11-21-17(14)22-15)19-10-12-3-1-4-13(9-12)23-7-2-8-26(23,24)25/h1,3-6,9,11H,2,7-8,10H2,(H3,18,19,20,21,22). The third kappa shape index (κ3) is 3.13. The van der Waals surface area contributed by atoms with Crippen LogP contribution in [0.4, 0.5) is 17.3 Å². The van der Waals surface area contributed by atoms with Gasteiger partial charge in [0.15, 0.2) is 5.65 Å². The SMILES string of the molecule is Nc1ccc2c(NCc3cccc(N4CCCS4(=O)=O)c3)ncnc2n1. The van der Waals surface area contributed by atoms with Crippen LogP contribution in [0.2, 0.25) is 0 Å². The van der Waals surface area contributed by atoms with Crippen molar-refractivity contribution in [3.63, 3.8) is 0 Å². The summed E-state index contributed by atoms with van der Waals surface area (Å²) in [5, 5.41) is 4.04. The molecule has 0 radical (unpaired) electrons. The Morgan fingerprint density at radius 2 is 2.08 bits per heavy atom. The number of hydrogen-bond acceptors (Lipinski definition) is 7. The van der Waals surface area contributed by atoms with Crippen LogP contribution < -0.4 is 15.4 Å². The minimum absolute atomic E-state index is 0.207. The van der Waals surface area contributed by atoms with Crippen LogP contribution >= 0.6 is 0 Å². The smallest absolute Gasteiger partial charge is 0.235 e. The van der Waals surface area contributed by atoms with Gasteiger partial charge in [-0.25, -0.2) is 23.4 Å². The van der Waals surface area contributed by atoms with Crippen LogP contribution in [0, 0.1) is 0 Å². The van der Waals surface area contributed by atoms with E-state index in [2.05, 4.69) is 20.3 Å². The summed E-state index contributed by atoms with van der Waals surface area (Å²) < 4.78 is 25.7. The van der Waals surface area contributed by atoms with E-state index >= 15 is 0 Å². The van der Waals surface area contributed by atoms with Crippen LogP contribution in [0.5, 0.6) is 0 Å². The lowest BCUT2D eigenvalue weighted by atomic mass is 10.2. The number of nitrogens with two attached hydrogens (primary N) is 1. The molecule has 1 aliphatic heterocycles. The van der Waals surface area contributed by atoms with Gasteiger partial charge in [-0.2, -0.15) is 0 Å². The van der Waals surface area contributed by atoms with E-state index in [1.165, 1.54) is 10.6 Å². The molecular formula is C17H18N6O2S. The van der Waals surface area contributed by atoms with Crippen LogP contribution in [-0.2, 0) is 16.6 Å². The number of sulfonamides is 1. The normalized spacial score (nSPS) is 16.1. The first-order valence-electron chi connectivity index (χ1n) is 8.23. The lowest BCUT2D eigenvalue weighted by Crippen LogP contribution is -2.25. The quantitative estimate of drug-likeness (QED) is 0.719. The van der Waals surface area contributed by atoms with Gasteiger partial charge in [0.25, 0.3) is 0 Å². The van der Waals surface area contributed by atoms with Gasteiger partial charge >= 0.3 is 0 Å². The maximum Gasteiger partial charge on any atom is 0.235 e. The first-order chi connectivity index (χ1) is 12.5. The summed E-state index contributed by atoms with van der Waals surface area (Å²) in [4.78, 5) is 12.6. The van der Waals surface area contributed by atoms with E-state index < -0.39 is 10.0 Å². The lowest BCUT2D eigenvalue weighted by Gasteiger charge is -2.18. The monoisotopic (exact) mass is 370 g/mol. The Morgan fingerprint density at radius 1 is 1.19 bits per heavy atom. The number of rotatable bonds is 4. The molecule has 0 saturated carbocycles. The average Bonchev–Trinajstić information content (AvgIpc) is 2.99. The fraction of sp³-hybridized carbons (Fsp3) is 0.235. The van der Waals surface area contributed by atoms with Crippen molar-refractivity contribution in [3.05, 3.63) is 48.3 Å². The highest BCUT2D eigenvalue weighted by Crippen LogP contribution is 2.25. The van der Waals surface area contributed by atoms with Gasteiger partial charge in [0, 0.05) is 13.1 Å². The Kier molecular flexibility index (Phi) is 4.08. The average molecular weight is 370 g/mol. The number of hydrogen-bond donors (Lipinski definition) is 2. The summed E-state index contributed by atoms with van der Waals surface area (Å²) in [5.41, 5.74) is 7.87. The Morgan fingerprint density at radius 3 is 2.88 bits per heavy atom. The Hall–Kier alpha value is -2.94. The summed E-state index contributed by atoms with van der Waals surface area (Å²) in [5.74, 6) is 1.27. The lowest BCUT2D eigenvalue weighted by molar-refractivity contribution is 0.599. The summed E-state index contributed by atoms with van der Waals surface area (Å²) in [6.07, 6.45) is 2.10. The van der Waals surface area contributed by atoms with Crippen LogP contribution in [0.1, 0.15) is 12.0 Å². The summed E-state index contributed by atoms with van der Waals surface area (Å²) in [7, 11) is -3.18. The van der Waals surface area contributed by atoms with Gasteiger partial charge in [-0.05, 0) is 36.2 Å². The van der Waals surface area contributed by atoms with Gasteiger partial charge in [0.05, 0.1) is 16.8 Å². The second kappa shape index (κ2) is 6.41.